The van der Waals surface area contributed by atoms with Crippen LogP contribution in [0.5, 0.6) is 0 Å². The first-order chi connectivity index (χ1) is 12.1. The van der Waals surface area contributed by atoms with Gasteiger partial charge in [0.2, 0.25) is 5.91 Å². The molecule has 0 saturated heterocycles. The van der Waals surface area contributed by atoms with E-state index in [1.54, 1.807) is 48.8 Å². The summed E-state index contributed by atoms with van der Waals surface area (Å²) >= 11 is 6.13. The van der Waals surface area contributed by atoms with Gasteiger partial charge in [-0.15, -0.1) is 0 Å². The number of hydrogen-bond acceptors (Lipinski definition) is 2. The molecule has 0 fully saturated rings. The molecule has 1 N–H and O–H groups in total. The van der Waals surface area contributed by atoms with Crippen molar-refractivity contribution in [1.82, 2.24) is 4.98 Å². The van der Waals surface area contributed by atoms with Crippen molar-refractivity contribution >= 4 is 23.2 Å². The van der Waals surface area contributed by atoms with E-state index in [0.717, 1.165) is 11.1 Å². The van der Waals surface area contributed by atoms with Crippen LogP contribution in [0.25, 0.3) is 0 Å². The zero-order valence-electron chi connectivity index (χ0n) is 13.3. The molecule has 126 valence electrons. The smallest absolute Gasteiger partial charge is 0.232 e. The van der Waals surface area contributed by atoms with Crippen LogP contribution in [0.1, 0.15) is 17.0 Å². The third kappa shape index (κ3) is 4.43. The fraction of sp³-hybridized carbons (Fsp3) is 0.100. The Labute approximate surface area is 150 Å². The molecule has 0 radical (unpaired) electrons. The van der Waals surface area contributed by atoms with Crippen LogP contribution in [0, 0.1) is 5.82 Å². The summed E-state index contributed by atoms with van der Waals surface area (Å²) in [6, 6.07) is 16.8. The first kappa shape index (κ1) is 17.1. The van der Waals surface area contributed by atoms with E-state index < -0.39 is 5.92 Å². The summed E-state index contributed by atoms with van der Waals surface area (Å²) < 4.78 is 13.2. The zero-order valence-corrected chi connectivity index (χ0v) is 14.1. The minimum atomic E-state index is -0.485. The van der Waals surface area contributed by atoms with Crippen LogP contribution in [0.3, 0.4) is 0 Å². The number of aromatic nitrogens is 1. The number of nitrogens with one attached hydrogen (secondary N) is 1. The predicted octanol–water partition coefficient (Wildman–Crippen LogP) is 4.84. The van der Waals surface area contributed by atoms with Gasteiger partial charge in [0, 0.05) is 12.4 Å². The van der Waals surface area contributed by atoms with E-state index in [0.29, 0.717) is 17.1 Å². The molecule has 3 nitrogen and oxygen atoms in total. The van der Waals surface area contributed by atoms with Crippen molar-refractivity contribution in [1.29, 1.82) is 0 Å². The summed E-state index contributed by atoms with van der Waals surface area (Å²) in [4.78, 5) is 17.0. The molecule has 1 atom stereocenters. The van der Waals surface area contributed by atoms with Crippen LogP contribution in [0.4, 0.5) is 10.1 Å². The molecule has 3 aromatic rings. The van der Waals surface area contributed by atoms with Gasteiger partial charge in [-0.1, -0.05) is 41.9 Å². The van der Waals surface area contributed by atoms with Gasteiger partial charge in [0.25, 0.3) is 0 Å². The predicted molar refractivity (Wildman–Crippen MR) is 97.2 cm³/mol. The number of benzene rings is 2. The van der Waals surface area contributed by atoms with Crippen molar-refractivity contribution in [2.45, 2.75) is 12.3 Å². The van der Waals surface area contributed by atoms with E-state index in [1.165, 1.54) is 12.1 Å². The maximum absolute atomic E-state index is 13.2. The molecule has 3 rings (SSSR count). The van der Waals surface area contributed by atoms with Gasteiger partial charge in [-0.2, -0.15) is 0 Å². The number of rotatable bonds is 5. The van der Waals surface area contributed by atoms with Crippen molar-refractivity contribution in [2.75, 3.05) is 5.32 Å². The highest BCUT2D eigenvalue weighted by Gasteiger charge is 2.22. The van der Waals surface area contributed by atoms with Crippen LogP contribution in [0.2, 0.25) is 5.02 Å². The van der Waals surface area contributed by atoms with E-state index in [-0.39, 0.29) is 11.7 Å². The number of hydrogen-bond donors (Lipinski definition) is 1. The molecule has 0 aliphatic heterocycles. The quantitative estimate of drug-likeness (QED) is 0.712. The zero-order chi connectivity index (χ0) is 17.6. The lowest BCUT2D eigenvalue weighted by atomic mass is 9.91. The Morgan fingerprint density at radius 3 is 2.52 bits per heavy atom. The fourth-order valence-electron chi connectivity index (χ4n) is 2.59. The SMILES string of the molecule is O=C(Nc1ccccc1Cl)C(Cc1cccnc1)c1ccc(F)cc1. The Bertz CT molecular complexity index is 853. The van der Waals surface area contributed by atoms with E-state index in [2.05, 4.69) is 10.3 Å². The van der Waals surface area contributed by atoms with Crippen molar-refractivity contribution < 1.29 is 9.18 Å². The minimum absolute atomic E-state index is 0.205. The molecule has 5 heteroatoms. The average Bonchev–Trinajstić information content (AvgIpc) is 2.63. The highest BCUT2D eigenvalue weighted by atomic mass is 35.5. The lowest BCUT2D eigenvalue weighted by Crippen LogP contribution is -2.23. The van der Waals surface area contributed by atoms with Crippen LogP contribution >= 0.6 is 11.6 Å². The number of anilines is 1. The van der Waals surface area contributed by atoms with Gasteiger partial charge in [-0.05, 0) is 47.9 Å². The third-order valence-corrected chi connectivity index (χ3v) is 4.21. The second-order valence-electron chi connectivity index (χ2n) is 5.64. The topological polar surface area (TPSA) is 42.0 Å². The summed E-state index contributed by atoms with van der Waals surface area (Å²) in [5, 5.41) is 3.33. The monoisotopic (exact) mass is 354 g/mol. The minimum Gasteiger partial charge on any atom is -0.324 e. The van der Waals surface area contributed by atoms with Crippen LogP contribution in [-0.2, 0) is 11.2 Å². The summed E-state index contributed by atoms with van der Waals surface area (Å²) in [7, 11) is 0. The van der Waals surface area contributed by atoms with Crippen molar-refractivity contribution in [3.63, 3.8) is 0 Å². The molecule has 0 saturated carbocycles. The molecule has 2 aromatic carbocycles. The number of para-hydroxylation sites is 1. The number of pyridine rings is 1. The summed E-state index contributed by atoms with van der Waals surface area (Å²) in [5.74, 6) is -1.03. The molecule has 1 heterocycles. The van der Waals surface area contributed by atoms with Crippen molar-refractivity contribution in [3.05, 3.63) is 95.0 Å². The normalized spacial score (nSPS) is 11.8. The molecule has 0 bridgehead atoms. The van der Waals surface area contributed by atoms with Crippen LogP contribution in [0.15, 0.2) is 73.1 Å². The van der Waals surface area contributed by atoms with Crippen LogP contribution in [-0.4, -0.2) is 10.9 Å². The lowest BCUT2D eigenvalue weighted by Gasteiger charge is -2.18. The Morgan fingerprint density at radius 2 is 1.84 bits per heavy atom. The number of amides is 1. The molecule has 0 aliphatic carbocycles. The standard InChI is InChI=1S/C20H16ClFN2O/c21-18-5-1-2-6-19(18)24-20(25)17(12-14-4-3-11-23-13-14)15-7-9-16(22)10-8-15/h1-11,13,17H,12H2,(H,24,25). The van der Waals surface area contributed by atoms with Crippen LogP contribution < -0.4 is 5.32 Å². The number of nitrogens with zero attached hydrogens (tertiary/aromatic N) is 1. The van der Waals surface area contributed by atoms with E-state index in [9.17, 15) is 9.18 Å². The first-order valence-electron chi connectivity index (χ1n) is 7.83. The Morgan fingerprint density at radius 1 is 1.08 bits per heavy atom. The summed E-state index contributed by atoms with van der Waals surface area (Å²) in [6.07, 6.45) is 3.86. The molecular formula is C20H16ClFN2O. The van der Waals surface area contributed by atoms with Gasteiger partial charge in [-0.3, -0.25) is 9.78 Å². The Kier molecular flexibility index (Phi) is 5.41. The molecule has 1 aromatic heterocycles. The molecule has 1 amide bonds. The van der Waals surface area contributed by atoms with Gasteiger partial charge < -0.3 is 5.32 Å². The Balaban J connectivity index is 1.88. The molecule has 0 aliphatic rings. The highest BCUT2D eigenvalue weighted by Crippen LogP contribution is 2.26. The first-order valence-corrected chi connectivity index (χ1v) is 8.21. The third-order valence-electron chi connectivity index (χ3n) is 3.88. The van der Waals surface area contributed by atoms with Crippen molar-refractivity contribution in [3.8, 4) is 0 Å². The second-order valence-corrected chi connectivity index (χ2v) is 6.05. The molecule has 1 unspecified atom stereocenters. The van der Waals surface area contributed by atoms with Gasteiger partial charge in [0.05, 0.1) is 16.6 Å². The molecule has 0 spiro atoms. The number of halogens is 2. The van der Waals surface area contributed by atoms with Gasteiger partial charge in [0.15, 0.2) is 0 Å². The van der Waals surface area contributed by atoms with E-state index >= 15 is 0 Å². The summed E-state index contributed by atoms with van der Waals surface area (Å²) in [5.41, 5.74) is 2.20. The van der Waals surface area contributed by atoms with Gasteiger partial charge in [0.1, 0.15) is 5.82 Å². The van der Waals surface area contributed by atoms with Crippen molar-refractivity contribution in [2.24, 2.45) is 0 Å². The fourth-order valence-corrected chi connectivity index (χ4v) is 2.78. The summed E-state index contributed by atoms with van der Waals surface area (Å²) in [6.45, 7) is 0. The largest absolute Gasteiger partial charge is 0.324 e. The highest BCUT2D eigenvalue weighted by molar-refractivity contribution is 6.33. The maximum atomic E-state index is 13.2. The average molecular weight is 355 g/mol. The lowest BCUT2D eigenvalue weighted by molar-refractivity contribution is -0.117. The van der Waals surface area contributed by atoms with E-state index in [1.807, 2.05) is 12.1 Å². The van der Waals surface area contributed by atoms with Gasteiger partial charge >= 0.3 is 0 Å². The maximum Gasteiger partial charge on any atom is 0.232 e. The van der Waals surface area contributed by atoms with E-state index in [4.69, 9.17) is 11.6 Å². The Hall–Kier alpha value is -2.72. The molecule has 25 heavy (non-hydrogen) atoms. The van der Waals surface area contributed by atoms with Gasteiger partial charge in [-0.25, -0.2) is 4.39 Å². The number of carbonyl (C=O) groups excluding carboxylic acids is 1. The molecular weight excluding hydrogens is 339 g/mol. The number of carbonyl (C=O) groups is 1. The second kappa shape index (κ2) is 7.90.